The smallest absolute Gasteiger partial charge is 0.408 e. The highest BCUT2D eigenvalue weighted by Crippen LogP contribution is 2.38. The molecule has 3 N–H and O–H groups in total. The molecule has 0 aromatic heterocycles. The Balaban J connectivity index is 1.68. The number of amides is 3. The number of hydrogen-bond acceptors (Lipinski definition) is 8. The third-order valence-electron chi connectivity index (χ3n) is 4.94. The number of carbonyl (C=O) groups excluding carboxylic acids is 4. The number of thioether (sulfide) groups is 1. The Morgan fingerprint density at radius 1 is 1.35 bits per heavy atom. The SMILES string of the molecule is CCOC(=O)NC1(C(=O)O)CS[C@@H]2C(NC(=O)C(OC=O)c3ccccc3)C(=O)N2C1. The summed E-state index contributed by atoms with van der Waals surface area (Å²) in [6.45, 7) is 1.54. The molecule has 166 valence electrons. The van der Waals surface area contributed by atoms with Crippen LogP contribution in [0.4, 0.5) is 4.79 Å². The summed E-state index contributed by atoms with van der Waals surface area (Å²) in [7, 11) is 0. The third-order valence-corrected chi connectivity index (χ3v) is 6.47. The van der Waals surface area contributed by atoms with Crippen molar-refractivity contribution < 1.29 is 38.6 Å². The van der Waals surface area contributed by atoms with Crippen molar-refractivity contribution in [3.63, 3.8) is 0 Å². The molecule has 0 bridgehead atoms. The van der Waals surface area contributed by atoms with Crippen molar-refractivity contribution in [2.45, 2.75) is 30.0 Å². The van der Waals surface area contributed by atoms with E-state index in [0.29, 0.717) is 5.56 Å². The van der Waals surface area contributed by atoms with Crippen molar-refractivity contribution in [1.82, 2.24) is 15.5 Å². The van der Waals surface area contributed by atoms with Crippen LogP contribution < -0.4 is 10.6 Å². The Labute approximate surface area is 181 Å². The van der Waals surface area contributed by atoms with Gasteiger partial charge in [-0.3, -0.25) is 14.4 Å². The number of nitrogens with one attached hydrogen (secondary N) is 2. The lowest BCUT2D eigenvalue weighted by Gasteiger charge is -2.53. The van der Waals surface area contributed by atoms with E-state index < -0.39 is 46.9 Å². The van der Waals surface area contributed by atoms with Gasteiger partial charge in [-0.05, 0) is 6.92 Å². The van der Waals surface area contributed by atoms with Crippen LogP contribution in [0.3, 0.4) is 0 Å². The molecule has 0 aliphatic carbocycles. The molecule has 4 atom stereocenters. The van der Waals surface area contributed by atoms with E-state index in [4.69, 9.17) is 9.47 Å². The first-order valence-electron chi connectivity index (χ1n) is 9.38. The van der Waals surface area contributed by atoms with Crippen LogP contribution in [0.2, 0.25) is 0 Å². The van der Waals surface area contributed by atoms with E-state index in [1.54, 1.807) is 37.3 Å². The molecule has 31 heavy (non-hydrogen) atoms. The average molecular weight is 451 g/mol. The standard InChI is InChI=1S/C19H21N3O8S/c1-2-29-18(28)21-19(17(26)27)8-22-15(25)12(16(22)31-9-19)20-14(24)13(30-10-23)11-6-4-3-5-7-11/h3-7,10,12-13,16H,2,8-9H2,1H3,(H,20,24)(H,21,28)(H,26,27)/t12?,13?,16-,19?/m1/s1. The predicted octanol–water partition coefficient (Wildman–Crippen LogP) is -0.130. The molecular weight excluding hydrogens is 430 g/mol. The maximum absolute atomic E-state index is 12.7. The van der Waals surface area contributed by atoms with E-state index in [0.717, 1.165) is 11.8 Å². The maximum atomic E-state index is 12.7. The fourth-order valence-electron chi connectivity index (χ4n) is 3.40. The van der Waals surface area contributed by atoms with Crippen LogP contribution in [0.5, 0.6) is 0 Å². The van der Waals surface area contributed by atoms with Crippen LogP contribution in [-0.4, -0.2) is 76.2 Å². The van der Waals surface area contributed by atoms with Crippen molar-refractivity contribution in [3.8, 4) is 0 Å². The molecule has 2 aliphatic rings. The molecule has 2 heterocycles. The lowest BCUT2D eigenvalue weighted by atomic mass is 9.96. The van der Waals surface area contributed by atoms with Gasteiger partial charge >= 0.3 is 12.1 Å². The summed E-state index contributed by atoms with van der Waals surface area (Å²) in [5.74, 6) is -2.50. The van der Waals surface area contributed by atoms with Crippen LogP contribution in [-0.2, 0) is 28.7 Å². The molecule has 2 aliphatic heterocycles. The Kier molecular flexibility index (Phi) is 6.68. The first-order valence-corrected chi connectivity index (χ1v) is 10.4. The molecule has 3 amide bonds. The minimum Gasteiger partial charge on any atom is -0.479 e. The van der Waals surface area contributed by atoms with Crippen LogP contribution in [0, 0.1) is 0 Å². The second-order valence-corrected chi connectivity index (χ2v) is 8.01. The number of rotatable bonds is 8. The van der Waals surface area contributed by atoms with Gasteiger partial charge in [-0.15, -0.1) is 11.8 Å². The number of ether oxygens (including phenoxy) is 2. The summed E-state index contributed by atoms with van der Waals surface area (Å²) in [4.78, 5) is 61.0. The van der Waals surface area contributed by atoms with E-state index in [1.807, 2.05) is 0 Å². The van der Waals surface area contributed by atoms with E-state index >= 15 is 0 Å². The molecular formula is C19H21N3O8S. The van der Waals surface area contributed by atoms with E-state index in [9.17, 15) is 29.1 Å². The van der Waals surface area contributed by atoms with E-state index in [1.165, 1.54) is 4.90 Å². The minimum absolute atomic E-state index is 0.0328. The molecule has 1 aromatic rings. The van der Waals surface area contributed by atoms with Crippen molar-refractivity contribution in [1.29, 1.82) is 0 Å². The monoisotopic (exact) mass is 451 g/mol. The van der Waals surface area contributed by atoms with Gasteiger partial charge < -0.3 is 30.1 Å². The van der Waals surface area contributed by atoms with Gasteiger partial charge in [0.2, 0.25) is 12.0 Å². The Bertz CT molecular complexity index is 882. The van der Waals surface area contributed by atoms with Crippen LogP contribution in [0.15, 0.2) is 30.3 Å². The highest BCUT2D eigenvalue weighted by atomic mass is 32.2. The van der Waals surface area contributed by atoms with Gasteiger partial charge in [0.25, 0.3) is 12.4 Å². The third kappa shape index (κ3) is 4.43. The first kappa shape index (κ1) is 22.4. The molecule has 12 heteroatoms. The number of alkyl carbamates (subject to hydrolysis) is 1. The molecule has 2 saturated heterocycles. The first-order chi connectivity index (χ1) is 14.8. The summed E-state index contributed by atoms with van der Waals surface area (Å²) in [6.07, 6.45) is -2.11. The second-order valence-electron chi connectivity index (χ2n) is 6.91. The summed E-state index contributed by atoms with van der Waals surface area (Å²) in [5, 5.41) is 14.0. The number of benzene rings is 1. The molecule has 3 unspecified atom stereocenters. The largest absolute Gasteiger partial charge is 0.479 e. The molecule has 11 nitrogen and oxygen atoms in total. The maximum Gasteiger partial charge on any atom is 0.408 e. The summed E-state index contributed by atoms with van der Waals surface area (Å²) in [6, 6.07) is 7.41. The highest BCUT2D eigenvalue weighted by Gasteiger charge is 2.58. The molecule has 3 rings (SSSR count). The van der Waals surface area contributed by atoms with E-state index in [-0.39, 0.29) is 25.4 Å². The average Bonchev–Trinajstić information content (AvgIpc) is 2.76. The van der Waals surface area contributed by atoms with Gasteiger partial charge in [0, 0.05) is 11.3 Å². The van der Waals surface area contributed by atoms with Crippen molar-refractivity contribution in [2.24, 2.45) is 0 Å². The summed E-state index contributed by atoms with van der Waals surface area (Å²) < 4.78 is 9.66. The van der Waals surface area contributed by atoms with Gasteiger partial charge in [0.1, 0.15) is 11.4 Å². The zero-order valence-corrected chi connectivity index (χ0v) is 17.3. The number of carboxylic acids is 1. The number of carboxylic acid groups (broad SMARTS) is 1. The summed E-state index contributed by atoms with van der Waals surface area (Å²) >= 11 is 1.11. The normalized spacial score (nSPS) is 25.3. The predicted molar refractivity (Wildman–Crippen MR) is 107 cm³/mol. The minimum atomic E-state index is -1.70. The zero-order valence-electron chi connectivity index (χ0n) is 16.5. The van der Waals surface area contributed by atoms with Gasteiger partial charge in [0.05, 0.1) is 13.2 Å². The lowest BCUT2D eigenvalue weighted by Crippen LogP contribution is -2.77. The fourth-order valence-corrected chi connectivity index (χ4v) is 4.88. The second kappa shape index (κ2) is 9.25. The van der Waals surface area contributed by atoms with Crippen molar-refractivity contribution >= 4 is 42.1 Å². The molecule has 0 saturated carbocycles. The Morgan fingerprint density at radius 3 is 2.68 bits per heavy atom. The topological polar surface area (TPSA) is 151 Å². The Hall–Kier alpha value is -3.28. The van der Waals surface area contributed by atoms with Gasteiger partial charge in [-0.25, -0.2) is 9.59 Å². The number of β-lactam (4-membered cyclic amide) rings is 1. The number of hydrogen-bond donors (Lipinski definition) is 3. The fraction of sp³-hybridized carbons (Fsp3) is 0.421. The van der Waals surface area contributed by atoms with Crippen LogP contribution in [0.25, 0.3) is 0 Å². The number of nitrogens with zero attached hydrogens (tertiary/aromatic N) is 1. The number of carbonyl (C=O) groups is 5. The van der Waals surface area contributed by atoms with Gasteiger partial charge in [-0.1, -0.05) is 30.3 Å². The number of fused-ring (bicyclic) bond motifs is 1. The summed E-state index contributed by atoms with van der Waals surface area (Å²) in [5.41, 5.74) is -1.26. The highest BCUT2D eigenvalue weighted by molar-refractivity contribution is 8.00. The van der Waals surface area contributed by atoms with Crippen LogP contribution >= 0.6 is 11.8 Å². The number of aliphatic carboxylic acids is 1. The van der Waals surface area contributed by atoms with Gasteiger partial charge in [-0.2, -0.15) is 0 Å². The zero-order chi connectivity index (χ0) is 22.6. The lowest BCUT2D eigenvalue weighted by molar-refractivity contribution is -0.157. The Morgan fingerprint density at radius 2 is 2.06 bits per heavy atom. The van der Waals surface area contributed by atoms with E-state index in [2.05, 4.69) is 10.6 Å². The van der Waals surface area contributed by atoms with Crippen molar-refractivity contribution in [3.05, 3.63) is 35.9 Å². The van der Waals surface area contributed by atoms with Gasteiger partial charge in [0.15, 0.2) is 5.54 Å². The molecule has 0 spiro atoms. The molecule has 1 aromatic carbocycles. The molecule has 2 fully saturated rings. The van der Waals surface area contributed by atoms with Crippen molar-refractivity contribution in [2.75, 3.05) is 18.9 Å². The van der Waals surface area contributed by atoms with Crippen LogP contribution in [0.1, 0.15) is 18.6 Å². The quantitative estimate of drug-likeness (QED) is 0.363. The molecule has 0 radical (unpaired) electrons.